The molecule has 0 aromatic heterocycles. The molecule has 2 atom stereocenters. The van der Waals surface area contributed by atoms with Gasteiger partial charge in [-0.1, -0.05) is 41.9 Å². The minimum absolute atomic E-state index is 0.0530. The van der Waals surface area contributed by atoms with Crippen LogP contribution in [-0.2, 0) is 12.0 Å². The summed E-state index contributed by atoms with van der Waals surface area (Å²) in [6, 6.07) is 13.5. The Morgan fingerprint density at radius 2 is 1.97 bits per heavy atom. The molecule has 8 heteroatoms. The van der Waals surface area contributed by atoms with Crippen molar-refractivity contribution in [3.05, 3.63) is 81.9 Å². The minimum Gasteiger partial charge on any atom is -0.494 e. The van der Waals surface area contributed by atoms with Crippen molar-refractivity contribution in [2.45, 2.75) is 30.9 Å². The smallest absolute Gasteiger partial charge is 0.249 e. The fraction of sp³-hybridized carbons (Fsp3) is 0.269. The summed E-state index contributed by atoms with van der Waals surface area (Å²) >= 11 is 6.45. The lowest BCUT2D eigenvalue weighted by molar-refractivity contribution is 0.0539. The summed E-state index contributed by atoms with van der Waals surface area (Å²) in [6.07, 6.45) is 2.12. The van der Waals surface area contributed by atoms with Crippen LogP contribution >= 0.6 is 11.6 Å². The van der Waals surface area contributed by atoms with E-state index in [9.17, 15) is 4.79 Å². The van der Waals surface area contributed by atoms with Crippen LogP contribution in [0.5, 0.6) is 11.5 Å². The van der Waals surface area contributed by atoms with Crippen LogP contribution in [0.3, 0.4) is 0 Å². The molecule has 2 aliphatic rings. The van der Waals surface area contributed by atoms with Gasteiger partial charge in [0.15, 0.2) is 17.2 Å². The molecule has 5 rings (SSSR count). The van der Waals surface area contributed by atoms with Crippen LogP contribution in [0, 0.1) is 11.6 Å². The maximum Gasteiger partial charge on any atom is 0.249 e. The molecule has 3 aromatic rings. The highest BCUT2D eigenvalue weighted by Gasteiger charge is 2.50. The Balaban J connectivity index is 1.77. The van der Waals surface area contributed by atoms with E-state index in [1.54, 1.807) is 0 Å². The monoisotopic (exact) mass is 484 g/mol. The number of methoxy groups -OCH3 is 1. The lowest BCUT2D eigenvalue weighted by Crippen LogP contribution is -2.48. The molecule has 0 aliphatic carbocycles. The molecule has 0 radical (unpaired) electrons. The SMILES string of the molecule is COc1ccc(C(N)=O)c(-c2c(Cl)c(F)cc3c2C[C@](c2ccccc2)(C2CCCN2)O3)c1F. The van der Waals surface area contributed by atoms with Crippen LogP contribution in [0.4, 0.5) is 8.78 Å². The number of benzene rings is 3. The van der Waals surface area contributed by atoms with E-state index in [1.807, 2.05) is 30.3 Å². The molecular weight excluding hydrogens is 462 g/mol. The van der Waals surface area contributed by atoms with E-state index in [2.05, 4.69) is 5.32 Å². The van der Waals surface area contributed by atoms with Crippen molar-refractivity contribution in [1.29, 1.82) is 0 Å². The first kappa shape index (κ1) is 22.6. The number of hydrogen-bond acceptors (Lipinski definition) is 4. The molecule has 2 heterocycles. The van der Waals surface area contributed by atoms with Gasteiger partial charge in [0, 0.05) is 29.2 Å². The average molecular weight is 485 g/mol. The van der Waals surface area contributed by atoms with Crippen molar-refractivity contribution in [2.24, 2.45) is 5.73 Å². The summed E-state index contributed by atoms with van der Waals surface area (Å²) in [5.41, 5.74) is 5.87. The fourth-order valence-electron chi connectivity index (χ4n) is 5.19. The Hall–Kier alpha value is -3.16. The van der Waals surface area contributed by atoms with E-state index in [4.69, 9.17) is 26.8 Å². The van der Waals surface area contributed by atoms with Crippen LogP contribution in [0.25, 0.3) is 11.1 Å². The predicted octanol–water partition coefficient (Wildman–Crippen LogP) is 4.98. The van der Waals surface area contributed by atoms with Gasteiger partial charge in [0.1, 0.15) is 11.6 Å². The van der Waals surface area contributed by atoms with E-state index < -0.39 is 23.1 Å². The van der Waals surface area contributed by atoms with Crippen molar-refractivity contribution in [2.75, 3.05) is 13.7 Å². The molecule has 3 N–H and O–H groups in total. The molecule has 34 heavy (non-hydrogen) atoms. The van der Waals surface area contributed by atoms with E-state index in [1.165, 1.54) is 25.3 Å². The topological polar surface area (TPSA) is 73.6 Å². The van der Waals surface area contributed by atoms with Crippen LogP contribution in [0.15, 0.2) is 48.5 Å². The quantitative estimate of drug-likeness (QED) is 0.536. The number of carbonyl (C=O) groups excluding carboxylic acids is 1. The molecular formula is C26H23ClF2N2O3. The second-order valence-corrected chi connectivity index (χ2v) is 8.95. The molecule has 1 fully saturated rings. The van der Waals surface area contributed by atoms with Crippen LogP contribution in [-0.4, -0.2) is 25.6 Å². The Kier molecular flexibility index (Phi) is 5.70. The second-order valence-electron chi connectivity index (χ2n) is 8.58. The third kappa shape index (κ3) is 3.42. The normalized spacial score (nSPS) is 21.2. The van der Waals surface area contributed by atoms with Gasteiger partial charge < -0.3 is 20.5 Å². The molecule has 1 unspecified atom stereocenters. The number of hydrogen-bond donors (Lipinski definition) is 2. The first-order valence-electron chi connectivity index (χ1n) is 11.0. The third-order valence-electron chi connectivity index (χ3n) is 6.75. The molecule has 1 amide bonds. The number of nitrogens with one attached hydrogen (secondary N) is 1. The van der Waals surface area contributed by atoms with Crippen molar-refractivity contribution < 1.29 is 23.0 Å². The van der Waals surface area contributed by atoms with Gasteiger partial charge in [-0.15, -0.1) is 0 Å². The molecule has 0 bridgehead atoms. The molecule has 2 aliphatic heterocycles. The summed E-state index contributed by atoms with van der Waals surface area (Å²) in [5, 5.41) is 3.20. The number of nitrogens with two attached hydrogens (primary N) is 1. The molecule has 0 saturated carbocycles. The van der Waals surface area contributed by atoms with Gasteiger partial charge in [-0.05, 0) is 37.1 Å². The van der Waals surface area contributed by atoms with Gasteiger partial charge in [-0.2, -0.15) is 0 Å². The fourth-order valence-corrected chi connectivity index (χ4v) is 5.45. The highest BCUT2D eigenvalue weighted by molar-refractivity contribution is 6.34. The zero-order valence-corrected chi connectivity index (χ0v) is 19.2. The number of rotatable bonds is 5. The van der Waals surface area contributed by atoms with Gasteiger partial charge in [0.2, 0.25) is 5.91 Å². The van der Waals surface area contributed by atoms with E-state index >= 15 is 8.78 Å². The van der Waals surface area contributed by atoms with Crippen LogP contribution in [0.2, 0.25) is 5.02 Å². The molecule has 176 valence electrons. The van der Waals surface area contributed by atoms with E-state index in [-0.39, 0.29) is 39.3 Å². The number of halogens is 3. The second kappa shape index (κ2) is 8.56. The van der Waals surface area contributed by atoms with E-state index in [0.717, 1.165) is 24.9 Å². The highest BCUT2D eigenvalue weighted by atomic mass is 35.5. The van der Waals surface area contributed by atoms with Crippen molar-refractivity contribution in [3.63, 3.8) is 0 Å². The Morgan fingerprint density at radius 3 is 2.62 bits per heavy atom. The van der Waals surface area contributed by atoms with Crippen LogP contribution in [0.1, 0.15) is 34.3 Å². The first-order valence-corrected chi connectivity index (χ1v) is 11.4. The minimum atomic E-state index is -0.865. The van der Waals surface area contributed by atoms with Gasteiger partial charge >= 0.3 is 0 Å². The zero-order valence-electron chi connectivity index (χ0n) is 18.5. The molecule has 5 nitrogen and oxygen atoms in total. The maximum atomic E-state index is 15.6. The summed E-state index contributed by atoms with van der Waals surface area (Å²) in [4.78, 5) is 12.2. The number of carbonyl (C=O) groups is 1. The zero-order chi connectivity index (χ0) is 24.0. The largest absolute Gasteiger partial charge is 0.494 e. The Morgan fingerprint density at radius 1 is 1.21 bits per heavy atom. The van der Waals surface area contributed by atoms with Crippen molar-refractivity contribution in [3.8, 4) is 22.6 Å². The molecule has 3 aromatic carbocycles. The van der Waals surface area contributed by atoms with Gasteiger partial charge in [0.25, 0.3) is 0 Å². The average Bonchev–Trinajstić information content (AvgIpc) is 3.50. The first-order chi connectivity index (χ1) is 16.4. The predicted molar refractivity (Wildman–Crippen MR) is 125 cm³/mol. The highest BCUT2D eigenvalue weighted by Crippen LogP contribution is 2.52. The van der Waals surface area contributed by atoms with Gasteiger partial charge in [-0.25, -0.2) is 8.78 Å². The van der Waals surface area contributed by atoms with Crippen molar-refractivity contribution >= 4 is 17.5 Å². The maximum absolute atomic E-state index is 15.6. The summed E-state index contributed by atoms with van der Waals surface area (Å²) in [7, 11) is 1.30. The molecule has 1 saturated heterocycles. The number of primary amides is 1. The summed E-state index contributed by atoms with van der Waals surface area (Å²) < 4.78 is 42.4. The summed E-state index contributed by atoms with van der Waals surface area (Å²) in [6.45, 7) is 0.831. The third-order valence-corrected chi connectivity index (χ3v) is 7.11. The Bertz CT molecular complexity index is 1280. The number of amides is 1. The standard InChI is InChI=1S/C26H23ClF2N2O3/c1-33-18-10-9-15(25(30)32)22(24(18)29)21-16-13-26(20-8-5-11-31-20,14-6-3-2-4-7-14)34-19(16)12-17(28)23(21)27/h2-4,6-7,9-10,12,20,31H,5,8,11,13H2,1H3,(H2,30,32)/t20?,26-/m0/s1. The number of ether oxygens (including phenoxy) is 2. The summed E-state index contributed by atoms with van der Waals surface area (Å²) in [5.74, 6) is -2.34. The lowest BCUT2D eigenvalue weighted by Gasteiger charge is -2.35. The van der Waals surface area contributed by atoms with Crippen LogP contribution < -0.4 is 20.5 Å². The van der Waals surface area contributed by atoms with E-state index in [0.29, 0.717) is 12.0 Å². The molecule has 0 spiro atoms. The lowest BCUT2D eigenvalue weighted by atomic mass is 9.80. The Labute approximate surface area is 200 Å². The van der Waals surface area contributed by atoms with Crippen molar-refractivity contribution in [1.82, 2.24) is 5.32 Å². The van der Waals surface area contributed by atoms with Gasteiger partial charge in [0.05, 0.1) is 23.7 Å². The van der Waals surface area contributed by atoms with Gasteiger partial charge in [-0.3, -0.25) is 4.79 Å². The number of fused-ring (bicyclic) bond motifs is 1.